The van der Waals surface area contributed by atoms with Gasteiger partial charge in [0.05, 0.1) is 0 Å². The smallest absolute Gasteiger partial charge is 0.245 e. The fraction of sp³-hybridized carbons (Fsp3) is 0.826. The van der Waals surface area contributed by atoms with E-state index in [9.17, 15) is 38.4 Å². The fourth-order valence-corrected chi connectivity index (χ4v) is 8.06. The molecule has 2 N–H and O–H groups in total. The van der Waals surface area contributed by atoms with E-state index in [-0.39, 0.29) is 0 Å². The Morgan fingerprint density at radius 1 is 0.339 bits per heavy atom. The Kier molecular flexibility index (Phi) is 25.0. The highest BCUT2D eigenvalue weighted by molar-refractivity contribution is 5.98. The van der Waals surface area contributed by atoms with Gasteiger partial charge in [0.15, 0.2) is 0 Å². The molecule has 16 nitrogen and oxygen atoms in total. The van der Waals surface area contributed by atoms with Crippen molar-refractivity contribution >= 4 is 47.3 Å². The highest BCUT2D eigenvalue weighted by atomic mass is 16.2. The van der Waals surface area contributed by atoms with Gasteiger partial charge >= 0.3 is 0 Å². The minimum atomic E-state index is -1.07. The van der Waals surface area contributed by atoms with Gasteiger partial charge in [-0.05, 0) is 53.4 Å². The van der Waals surface area contributed by atoms with Gasteiger partial charge in [0.2, 0.25) is 47.3 Å². The first kappa shape index (κ1) is 55.8. The molecule has 1 heterocycles. The van der Waals surface area contributed by atoms with Crippen LogP contribution in [0.25, 0.3) is 0 Å². The maximum atomic E-state index is 14.4. The molecular weight excluding hydrogens is 793 g/mol. The first-order valence-corrected chi connectivity index (χ1v) is 23.4. The number of unbranched alkanes of at least 4 members (excludes halogenated alkanes) is 8. The van der Waals surface area contributed by atoms with E-state index in [0.29, 0.717) is 51.4 Å². The number of nitrogens with zero attached hydrogens (tertiary/aromatic N) is 6. The van der Waals surface area contributed by atoms with Gasteiger partial charge in [0.1, 0.15) is 48.3 Å². The van der Waals surface area contributed by atoms with Gasteiger partial charge in [-0.15, -0.1) is 0 Å². The van der Waals surface area contributed by atoms with E-state index in [4.69, 9.17) is 0 Å². The Morgan fingerprint density at radius 3 is 0.839 bits per heavy atom. The second kappa shape index (κ2) is 27.7. The van der Waals surface area contributed by atoms with Crippen LogP contribution in [0.2, 0.25) is 0 Å². The molecule has 16 heteroatoms. The van der Waals surface area contributed by atoms with E-state index in [1.54, 1.807) is 27.7 Å². The van der Waals surface area contributed by atoms with Crippen LogP contribution in [-0.4, -0.2) is 167 Å². The lowest BCUT2D eigenvalue weighted by atomic mass is 10.0. The van der Waals surface area contributed by atoms with Crippen molar-refractivity contribution in [3.05, 3.63) is 0 Å². The third-order valence-corrected chi connectivity index (χ3v) is 12.8. The summed E-state index contributed by atoms with van der Waals surface area (Å²) in [7, 11) is 9.08. The van der Waals surface area contributed by atoms with Crippen molar-refractivity contribution < 1.29 is 38.4 Å². The predicted octanol–water partition coefficient (Wildman–Crippen LogP) is 4.33. The molecule has 8 atom stereocenters. The third kappa shape index (κ3) is 15.5. The molecule has 0 radical (unpaired) electrons. The van der Waals surface area contributed by atoms with Crippen LogP contribution in [-0.2, 0) is 38.4 Å². The van der Waals surface area contributed by atoms with Crippen LogP contribution in [0.5, 0.6) is 0 Å². The summed E-state index contributed by atoms with van der Waals surface area (Å²) in [6.07, 6.45) is 10.5. The lowest BCUT2D eigenvalue weighted by molar-refractivity contribution is -0.153. The molecule has 1 saturated heterocycles. The molecule has 1 aliphatic rings. The molecule has 0 aliphatic carbocycles. The summed E-state index contributed by atoms with van der Waals surface area (Å²) in [5.41, 5.74) is 0. The fourth-order valence-electron chi connectivity index (χ4n) is 8.06. The lowest BCUT2D eigenvalue weighted by Gasteiger charge is -2.38. The van der Waals surface area contributed by atoms with Crippen LogP contribution in [0.1, 0.15) is 158 Å². The maximum absolute atomic E-state index is 14.4. The monoisotopic (exact) mass is 877 g/mol. The van der Waals surface area contributed by atoms with Crippen LogP contribution in [0.3, 0.4) is 0 Å². The number of carbonyl (C=O) groups excluding carboxylic acids is 8. The van der Waals surface area contributed by atoms with E-state index >= 15 is 0 Å². The van der Waals surface area contributed by atoms with Gasteiger partial charge in [-0.2, -0.15) is 0 Å². The Labute approximate surface area is 373 Å². The van der Waals surface area contributed by atoms with Gasteiger partial charge < -0.3 is 40.0 Å². The highest BCUT2D eigenvalue weighted by Gasteiger charge is 2.41. The quantitative estimate of drug-likeness (QED) is 0.215. The van der Waals surface area contributed by atoms with Crippen LogP contribution >= 0.6 is 0 Å². The summed E-state index contributed by atoms with van der Waals surface area (Å²) >= 11 is 0. The molecule has 8 amide bonds. The third-order valence-electron chi connectivity index (χ3n) is 12.8. The zero-order chi connectivity index (χ0) is 47.4. The molecule has 356 valence electrons. The van der Waals surface area contributed by atoms with Crippen LogP contribution in [0, 0.1) is 0 Å². The summed E-state index contributed by atoms with van der Waals surface area (Å²) in [4.78, 5) is 121. The van der Waals surface area contributed by atoms with Gasteiger partial charge in [0, 0.05) is 42.3 Å². The number of hydrogen-bond acceptors (Lipinski definition) is 8. The molecule has 0 aromatic carbocycles. The Morgan fingerprint density at radius 2 is 0.581 bits per heavy atom. The van der Waals surface area contributed by atoms with Crippen LogP contribution in [0.15, 0.2) is 0 Å². The summed E-state index contributed by atoms with van der Waals surface area (Å²) in [6, 6.07) is -8.05. The SMILES string of the molecule is CCCCC[C@H]1C(=O)N[C@H](C)C(=O)N(C)[C@@H](CCCCC)C(=O)N(C)[C@H](C)C(=O)N(C)[C@@H](CCCCC)C(=O)N[C@H](C)C(=O)N(C)[C@@H](CCCCC)C(=O)N(C)[C@H](C)C(=O)N1C. The molecule has 0 aromatic rings. The Hall–Kier alpha value is -4.24. The molecule has 1 rings (SSSR count). The van der Waals surface area contributed by atoms with Gasteiger partial charge in [-0.25, -0.2) is 0 Å². The van der Waals surface area contributed by atoms with Gasteiger partial charge in [-0.3, -0.25) is 38.4 Å². The van der Waals surface area contributed by atoms with E-state index in [2.05, 4.69) is 10.6 Å². The first-order valence-electron chi connectivity index (χ1n) is 23.4. The van der Waals surface area contributed by atoms with Crippen LogP contribution < -0.4 is 10.6 Å². The number of amides is 8. The van der Waals surface area contributed by atoms with E-state index in [1.165, 1.54) is 71.7 Å². The van der Waals surface area contributed by atoms with Crippen LogP contribution in [0.4, 0.5) is 0 Å². The van der Waals surface area contributed by atoms with Crippen molar-refractivity contribution in [3.8, 4) is 0 Å². The molecule has 0 saturated carbocycles. The Bertz CT molecular complexity index is 1390. The molecule has 0 spiro atoms. The zero-order valence-corrected chi connectivity index (χ0v) is 40.9. The van der Waals surface area contributed by atoms with E-state index in [1.807, 2.05) is 27.7 Å². The average molecular weight is 877 g/mol. The minimum absolute atomic E-state index is 0.312. The maximum Gasteiger partial charge on any atom is 0.245 e. The summed E-state index contributed by atoms with van der Waals surface area (Å²) in [6.45, 7) is 14.4. The molecule has 1 aliphatic heterocycles. The highest BCUT2D eigenvalue weighted by Crippen LogP contribution is 2.20. The molecule has 62 heavy (non-hydrogen) atoms. The standard InChI is InChI=1S/C46H84N8O8/c1-15-19-23-27-35-39(55)47-31(5)41(57)53(13)38(30-26-22-18-4)46(62)50(10)34(8)44(60)52(12)36(28-24-20-16-2)40(56)48-32(6)42(58)54(14)37(29-25-21-17-3)45(61)49(9)33(7)43(59)51(35)11/h31-38H,15-30H2,1-14H3,(H,47,55)(H,48,56)/t31-,32-,33-,34-,35+,36+,37+,38+/m1/s1. The molecule has 0 unspecified atom stereocenters. The summed E-state index contributed by atoms with van der Waals surface area (Å²) in [5.74, 6) is -4.00. The van der Waals surface area contributed by atoms with Crippen molar-refractivity contribution in [2.24, 2.45) is 0 Å². The molecule has 1 fully saturated rings. The Balaban J connectivity index is 3.95. The molecular formula is C46H84N8O8. The number of carbonyl (C=O) groups is 8. The molecule has 0 aromatic heterocycles. The molecule has 0 bridgehead atoms. The number of nitrogens with one attached hydrogen (secondary N) is 2. The van der Waals surface area contributed by atoms with E-state index in [0.717, 1.165) is 51.4 Å². The second-order valence-corrected chi connectivity index (χ2v) is 17.6. The largest absolute Gasteiger partial charge is 0.343 e. The first-order chi connectivity index (χ1) is 29.2. The second-order valence-electron chi connectivity index (χ2n) is 17.6. The van der Waals surface area contributed by atoms with Gasteiger partial charge in [-0.1, -0.05) is 105 Å². The van der Waals surface area contributed by atoms with Gasteiger partial charge in [0.25, 0.3) is 0 Å². The van der Waals surface area contributed by atoms with Crippen molar-refractivity contribution in [1.82, 2.24) is 40.0 Å². The number of rotatable bonds is 16. The minimum Gasteiger partial charge on any atom is -0.343 e. The van der Waals surface area contributed by atoms with Crippen molar-refractivity contribution in [1.29, 1.82) is 0 Å². The predicted molar refractivity (Wildman–Crippen MR) is 242 cm³/mol. The average Bonchev–Trinajstić information content (AvgIpc) is 3.25. The van der Waals surface area contributed by atoms with Crippen molar-refractivity contribution in [2.75, 3.05) is 42.3 Å². The van der Waals surface area contributed by atoms with E-state index < -0.39 is 95.6 Å². The summed E-state index contributed by atoms with van der Waals surface area (Å²) < 4.78 is 0. The normalized spacial score (nSPS) is 26.6. The zero-order valence-electron chi connectivity index (χ0n) is 40.9. The number of hydrogen-bond donors (Lipinski definition) is 2. The number of likely N-dealkylation sites (N-methyl/N-ethyl adjacent to an activating group) is 6. The topological polar surface area (TPSA) is 180 Å². The van der Waals surface area contributed by atoms with Crippen molar-refractivity contribution in [2.45, 2.75) is 206 Å². The lowest BCUT2D eigenvalue weighted by Crippen LogP contribution is -2.61. The van der Waals surface area contributed by atoms with Crippen molar-refractivity contribution in [3.63, 3.8) is 0 Å². The summed E-state index contributed by atoms with van der Waals surface area (Å²) in [5, 5.41) is 5.63.